The fraction of sp³-hybridized carbons (Fsp3) is 0.188. The normalized spacial score (nSPS) is 10.4. The largest absolute Gasteiger partial charge is 0.384 e. The zero-order valence-electron chi connectivity index (χ0n) is 10.7. The number of rotatable bonds is 5. The molecule has 0 unspecified atom stereocenters. The second kappa shape index (κ2) is 6.25. The van der Waals surface area contributed by atoms with Crippen molar-refractivity contribution in [3.8, 4) is 11.1 Å². The lowest BCUT2D eigenvalue weighted by Crippen LogP contribution is -1.94. The first-order valence-electron chi connectivity index (χ1n) is 6.07. The summed E-state index contributed by atoms with van der Waals surface area (Å²) in [6, 6.07) is 11.9. The number of hydrogen-bond donors (Lipinski definition) is 0. The van der Waals surface area contributed by atoms with Crippen LogP contribution in [0.3, 0.4) is 0 Å². The summed E-state index contributed by atoms with van der Waals surface area (Å²) < 4.78 is 18.3. The van der Waals surface area contributed by atoms with E-state index >= 15 is 0 Å². The fourth-order valence-electron chi connectivity index (χ4n) is 1.95. The molecule has 0 aromatic heterocycles. The molecular formula is C16H15FO2. The molecule has 0 fully saturated rings. The molecule has 2 nitrogen and oxygen atoms in total. The lowest BCUT2D eigenvalue weighted by molar-refractivity contribution is 0.112. The molecule has 0 N–H and O–H groups in total. The number of benzene rings is 2. The third kappa shape index (κ3) is 3.26. The van der Waals surface area contributed by atoms with Crippen molar-refractivity contribution in [2.45, 2.75) is 6.42 Å². The van der Waals surface area contributed by atoms with Crippen molar-refractivity contribution in [2.24, 2.45) is 0 Å². The van der Waals surface area contributed by atoms with E-state index in [1.165, 1.54) is 18.2 Å². The van der Waals surface area contributed by atoms with E-state index in [0.29, 0.717) is 17.7 Å². The van der Waals surface area contributed by atoms with Gasteiger partial charge < -0.3 is 4.74 Å². The van der Waals surface area contributed by atoms with Crippen LogP contribution in [0.25, 0.3) is 11.1 Å². The minimum Gasteiger partial charge on any atom is -0.384 e. The van der Waals surface area contributed by atoms with Crippen molar-refractivity contribution < 1.29 is 13.9 Å². The lowest BCUT2D eigenvalue weighted by atomic mass is 9.98. The quantitative estimate of drug-likeness (QED) is 0.767. The molecule has 0 aliphatic rings. The number of hydrogen-bond acceptors (Lipinski definition) is 2. The van der Waals surface area contributed by atoms with E-state index in [2.05, 4.69) is 0 Å². The molecule has 0 radical (unpaired) electrons. The van der Waals surface area contributed by atoms with Crippen LogP contribution in [0.2, 0.25) is 0 Å². The molecule has 0 heterocycles. The maximum atomic E-state index is 13.3. The van der Waals surface area contributed by atoms with Gasteiger partial charge in [0.1, 0.15) is 5.82 Å². The molecule has 0 atom stereocenters. The Hall–Kier alpha value is -2.00. The molecule has 3 heteroatoms. The van der Waals surface area contributed by atoms with Gasteiger partial charge in [-0.05, 0) is 41.3 Å². The van der Waals surface area contributed by atoms with Gasteiger partial charge in [-0.3, -0.25) is 4.79 Å². The number of methoxy groups -OCH3 is 1. The Labute approximate surface area is 111 Å². The van der Waals surface area contributed by atoms with Gasteiger partial charge in [0.25, 0.3) is 0 Å². The molecule has 0 spiro atoms. The number of carbonyl (C=O) groups is 1. The minimum atomic E-state index is -0.343. The van der Waals surface area contributed by atoms with Crippen LogP contribution in [-0.4, -0.2) is 20.0 Å². The summed E-state index contributed by atoms with van der Waals surface area (Å²) in [4.78, 5) is 11.0. The SMILES string of the molecule is COCCc1ccc(-c2cc(F)ccc2C=O)cc1. The van der Waals surface area contributed by atoms with E-state index < -0.39 is 0 Å². The number of halogens is 1. The summed E-state index contributed by atoms with van der Waals surface area (Å²) >= 11 is 0. The van der Waals surface area contributed by atoms with Crippen molar-refractivity contribution in [2.75, 3.05) is 13.7 Å². The van der Waals surface area contributed by atoms with Crippen LogP contribution in [0.5, 0.6) is 0 Å². The van der Waals surface area contributed by atoms with Crippen LogP contribution in [-0.2, 0) is 11.2 Å². The van der Waals surface area contributed by atoms with Gasteiger partial charge in [-0.25, -0.2) is 4.39 Å². The van der Waals surface area contributed by atoms with E-state index in [0.717, 1.165) is 23.8 Å². The van der Waals surface area contributed by atoms with Crippen LogP contribution in [0.1, 0.15) is 15.9 Å². The Morgan fingerprint density at radius 2 is 1.89 bits per heavy atom. The predicted octanol–water partition coefficient (Wildman–Crippen LogP) is 3.49. The van der Waals surface area contributed by atoms with Crippen molar-refractivity contribution in [3.05, 3.63) is 59.4 Å². The second-order valence-corrected chi connectivity index (χ2v) is 4.29. The second-order valence-electron chi connectivity index (χ2n) is 4.29. The third-order valence-corrected chi connectivity index (χ3v) is 3.00. The first-order chi connectivity index (χ1) is 9.24. The summed E-state index contributed by atoms with van der Waals surface area (Å²) in [5, 5.41) is 0. The van der Waals surface area contributed by atoms with E-state index in [1.54, 1.807) is 7.11 Å². The summed E-state index contributed by atoms with van der Waals surface area (Å²) in [7, 11) is 1.66. The fourth-order valence-corrected chi connectivity index (χ4v) is 1.95. The highest BCUT2D eigenvalue weighted by atomic mass is 19.1. The number of ether oxygens (including phenoxy) is 1. The molecule has 0 bridgehead atoms. The molecule has 19 heavy (non-hydrogen) atoms. The zero-order valence-corrected chi connectivity index (χ0v) is 10.7. The zero-order chi connectivity index (χ0) is 13.7. The van der Waals surface area contributed by atoms with Gasteiger partial charge in [0.15, 0.2) is 6.29 Å². The molecule has 0 saturated heterocycles. The summed E-state index contributed by atoms with van der Waals surface area (Å²) in [5.74, 6) is -0.343. The molecular weight excluding hydrogens is 243 g/mol. The van der Waals surface area contributed by atoms with Crippen molar-refractivity contribution in [3.63, 3.8) is 0 Å². The van der Waals surface area contributed by atoms with Crippen molar-refractivity contribution >= 4 is 6.29 Å². The standard InChI is InChI=1S/C16H15FO2/c1-19-9-8-12-2-4-13(5-3-12)16-10-15(17)7-6-14(16)11-18/h2-7,10-11H,8-9H2,1H3. The maximum Gasteiger partial charge on any atom is 0.150 e. The highest BCUT2D eigenvalue weighted by Crippen LogP contribution is 2.24. The van der Waals surface area contributed by atoms with Crippen LogP contribution >= 0.6 is 0 Å². The molecule has 2 aromatic carbocycles. The Morgan fingerprint density at radius 3 is 2.53 bits per heavy atom. The Morgan fingerprint density at radius 1 is 1.16 bits per heavy atom. The van der Waals surface area contributed by atoms with Crippen molar-refractivity contribution in [1.29, 1.82) is 0 Å². The van der Waals surface area contributed by atoms with Gasteiger partial charge in [0.2, 0.25) is 0 Å². The van der Waals surface area contributed by atoms with Gasteiger partial charge in [-0.2, -0.15) is 0 Å². The average Bonchev–Trinajstić information content (AvgIpc) is 2.45. The molecule has 2 rings (SSSR count). The number of aldehydes is 1. The molecule has 0 amide bonds. The first kappa shape index (κ1) is 13.4. The average molecular weight is 258 g/mol. The van der Waals surface area contributed by atoms with E-state index in [-0.39, 0.29) is 5.82 Å². The summed E-state index contributed by atoms with van der Waals surface area (Å²) in [6.45, 7) is 0.666. The van der Waals surface area contributed by atoms with Gasteiger partial charge >= 0.3 is 0 Å². The minimum absolute atomic E-state index is 0.343. The molecule has 0 aliphatic carbocycles. The molecule has 2 aromatic rings. The molecule has 0 saturated carbocycles. The smallest absolute Gasteiger partial charge is 0.150 e. The van der Waals surface area contributed by atoms with Crippen LogP contribution in [0.4, 0.5) is 4.39 Å². The van der Waals surface area contributed by atoms with E-state index in [4.69, 9.17) is 4.74 Å². The summed E-state index contributed by atoms with van der Waals surface area (Å²) in [5.41, 5.74) is 3.09. The first-order valence-corrected chi connectivity index (χ1v) is 6.07. The van der Waals surface area contributed by atoms with Gasteiger partial charge in [-0.15, -0.1) is 0 Å². The predicted molar refractivity (Wildman–Crippen MR) is 72.8 cm³/mol. The Bertz CT molecular complexity index is 561. The summed E-state index contributed by atoms with van der Waals surface area (Å²) in [6.07, 6.45) is 1.58. The highest BCUT2D eigenvalue weighted by molar-refractivity contribution is 5.87. The van der Waals surface area contributed by atoms with E-state index in [1.807, 2.05) is 24.3 Å². The molecule has 0 aliphatic heterocycles. The van der Waals surface area contributed by atoms with Gasteiger partial charge in [0, 0.05) is 12.7 Å². The Balaban J connectivity index is 2.31. The van der Waals surface area contributed by atoms with Gasteiger partial charge in [-0.1, -0.05) is 24.3 Å². The monoisotopic (exact) mass is 258 g/mol. The molecule has 98 valence electrons. The van der Waals surface area contributed by atoms with E-state index in [9.17, 15) is 9.18 Å². The van der Waals surface area contributed by atoms with Crippen LogP contribution in [0.15, 0.2) is 42.5 Å². The lowest BCUT2D eigenvalue weighted by Gasteiger charge is -2.07. The highest BCUT2D eigenvalue weighted by Gasteiger charge is 2.06. The maximum absolute atomic E-state index is 13.3. The van der Waals surface area contributed by atoms with Crippen LogP contribution < -0.4 is 0 Å². The van der Waals surface area contributed by atoms with Crippen LogP contribution in [0, 0.1) is 5.82 Å². The third-order valence-electron chi connectivity index (χ3n) is 3.00. The van der Waals surface area contributed by atoms with Gasteiger partial charge in [0.05, 0.1) is 6.61 Å². The number of carbonyl (C=O) groups excluding carboxylic acids is 1. The topological polar surface area (TPSA) is 26.3 Å². The Kier molecular flexibility index (Phi) is 4.42. The van der Waals surface area contributed by atoms with Crippen molar-refractivity contribution in [1.82, 2.24) is 0 Å².